The summed E-state index contributed by atoms with van der Waals surface area (Å²) in [6.07, 6.45) is 5.09. The lowest BCUT2D eigenvalue weighted by atomic mass is 10.0. The van der Waals surface area contributed by atoms with E-state index in [2.05, 4.69) is 28.4 Å². The van der Waals surface area contributed by atoms with E-state index in [0.29, 0.717) is 17.0 Å². The first-order valence-electron chi connectivity index (χ1n) is 7.98. The Morgan fingerprint density at radius 3 is 3.04 bits per heavy atom. The molecule has 0 aromatic carbocycles. The third-order valence-electron chi connectivity index (χ3n) is 3.96. The van der Waals surface area contributed by atoms with Crippen molar-refractivity contribution in [3.05, 3.63) is 46.9 Å². The normalized spacial score (nSPS) is 16.7. The fourth-order valence-electron chi connectivity index (χ4n) is 2.76. The Labute approximate surface area is 155 Å². The number of hydrogen-bond acceptors (Lipinski definition) is 6. The molecule has 0 saturated carbocycles. The third kappa shape index (κ3) is 3.32. The zero-order valence-electron chi connectivity index (χ0n) is 14.3. The first-order valence-corrected chi connectivity index (χ1v) is 8.86. The van der Waals surface area contributed by atoms with Crippen molar-refractivity contribution in [1.82, 2.24) is 9.88 Å². The summed E-state index contributed by atoms with van der Waals surface area (Å²) in [5.41, 5.74) is 8.09. The molecule has 1 aliphatic heterocycles. The first kappa shape index (κ1) is 17.7. The Hall–Kier alpha value is -3.11. The number of hydrogen-bond donors (Lipinski definition) is 2. The number of amides is 1. The highest BCUT2D eigenvalue weighted by molar-refractivity contribution is 7.11. The van der Waals surface area contributed by atoms with Gasteiger partial charge in [-0.2, -0.15) is 0 Å². The van der Waals surface area contributed by atoms with Crippen LogP contribution in [0.2, 0.25) is 0 Å². The molecule has 0 radical (unpaired) electrons. The Morgan fingerprint density at radius 1 is 1.54 bits per heavy atom. The number of guanidine groups is 1. The minimum Gasteiger partial charge on any atom is -0.506 e. The Balaban J connectivity index is 1.95. The second-order valence-electron chi connectivity index (χ2n) is 5.70. The minimum absolute atomic E-state index is 0.102. The van der Waals surface area contributed by atoms with Gasteiger partial charge in [0.05, 0.1) is 11.3 Å². The molecule has 26 heavy (non-hydrogen) atoms. The van der Waals surface area contributed by atoms with E-state index in [0.717, 1.165) is 11.1 Å². The van der Waals surface area contributed by atoms with Gasteiger partial charge in [0.1, 0.15) is 11.8 Å². The van der Waals surface area contributed by atoms with Crippen LogP contribution >= 0.6 is 11.3 Å². The van der Waals surface area contributed by atoms with E-state index in [4.69, 9.17) is 5.73 Å². The van der Waals surface area contributed by atoms with Crippen molar-refractivity contribution in [3.63, 3.8) is 0 Å². The van der Waals surface area contributed by atoms with Crippen molar-refractivity contribution >= 4 is 23.2 Å². The van der Waals surface area contributed by atoms with Crippen LogP contribution in [0.25, 0.3) is 11.1 Å². The lowest BCUT2D eigenvalue weighted by molar-refractivity contribution is -0.128. The van der Waals surface area contributed by atoms with Crippen LogP contribution in [0.1, 0.15) is 29.8 Å². The van der Waals surface area contributed by atoms with Gasteiger partial charge < -0.3 is 10.8 Å². The van der Waals surface area contributed by atoms with E-state index in [-0.39, 0.29) is 24.0 Å². The van der Waals surface area contributed by atoms with Crippen molar-refractivity contribution in [3.8, 4) is 28.7 Å². The number of nitrogens with two attached hydrogens (primary N) is 1. The highest BCUT2D eigenvalue weighted by Gasteiger charge is 2.30. The average Bonchev–Trinajstić information content (AvgIpc) is 3.00. The van der Waals surface area contributed by atoms with Crippen molar-refractivity contribution in [2.45, 2.75) is 19.4 Å². The molecule has 0 unspecified atom stereocenters. The highest BCUT2D eigenvalue weighted by Crippen LogP contribution is 2.43. The number of pyridine rings is 1. The van der Waals surface area contributed by atoms with Crippen LogP contribution in [-0.2, 0) is 4.79 Å². The van der Waals surface area contributed by atoms with Gasteiger partial charge in [0, 0.05) is 41.0 Å². The van der Waals surface area contributed by atoms with Crippen LogP contribution in [0, 0.1) is 11.8 Å². The number of aromatic nitrogens is 1. The maximum Gasteiger partial charge on any atom is 0.232 e. The van der Waals surface area contributed by atoms with E-state index >= 15 is 0 Å². The van der Waals surface area contributed by atoms with E-state index in [1.165, 1.54) is 16.2 Å². The van der Waals surface area contributed by atoms with Gasteiger partial charge in [0.15, 0.2) is 5.96 Å². The number of carbonyl (C=O) groups excluding carboxylic acids is 1. The van der Waals surface area contributed by atoms with Crippen LogP contribution in [0.5, 0.6) is 5.75 Å². The minimum atomic E-state index is -0.492. The Morgan fingerprint density at radius 2 is 2.35 bits per heavy atom. The number of aromatic hydroxyl groups is 1. The number of nitrogens with zero attached hydrogens (tertiary/aromatic N) is 3. The van der Waals surface area contributed by atoms with Gasteiger partial charge in [0.2, 0.25) is 5.91 Å². The lowest BCUT2D eigenvalue weighted by Gasteiger charge is -2.27. The number of carbonyl (C=O) groups is 1. The molecule has 132 valence electrons. The Kier molecular flexibility index (Phi) is 5.05. The molecule has 6 nitrogen and oxygen atoms in total. The molecule has 3 N–H and O–H groups in total. The maximum atomic E-state index is 12.3. The summed E-state index contributed by atoms with van der Waals surface area (Å²) >= 11 is 1.35. The van der Waals surface area contributed by atoms with Crippen LogP contribution in [-0.4, -0.2) is 33.4 Å². The van der Waals surface area contributed by atoms with Gasteiger partial charge in [0.25, 0.3) is 0 Å². The van der Waals surface area contributed by atoms with Gasteiger partial charge >= 0.3 is 0 Å². The molecule has 7 heteroatoms. The van der Waals surface area contributed by atoms with Crippen LogP contribution in [0.15, 0.2) is 41.5 Å². The first-order chi connectivity index (χ1) is 12.5. The SMILES string of the molecule is C=CCN1C(=O)C[C@@H](c2scc(-c3cncc(C#CC)c3)c2O)N=C1N. The number of rotatable bonds is 4. The largest absolute Gasteiger partial charge is 0.506 e. The topological polar surface area (TPSA) is 91.8 Å². The smallest absolute Gasteiger partial charge is 0.232 e. The maximum absolute atomic E-state index is 12.3. The van der Waals surface area contributed by atoms with Gasteiger partial charge in [-0.05, 0) is 13.0 Å². The summed E-state index contributed by atoms with van der Waals surface area (Å²) in [6.45, 7) is 5.69. The summed E-state index contributed by atoms with van der Waals surface area (Å²) in [7, 11) is 0. The summed E-state index contributed by atoms with van der Waals surface area (Å²) in [6, 6.07) is 1.37. The predicted octanol–water partition coefficient (Wildman–Crippen LogP) is 2.66. The fourth-order valence-corrected chi connectivity index (χ4v) is 3.77. The van der Waals surface area contributed by atoms with Crippen LogP contribution < -0.4 is 5.73 Å². The zero-order chi connectivity index (χ0) is 18.7. The molecule has 0 saturated heterocycles. The molecule has 0 fully saturated rings. The monoisotopic (exact) mass is 366 g/mol. The summed E-state index contributed by atoms with van der Waals surface area (Å²) in [5, 5.41) is 12.5. The van der Waals surface area contributed by atoms with Crippen LogP contribution in [0.3, 0.4) is 0 Å². The molecule has 3 rings (SSSR count). The second-order valence-corrected chi connectivity index (χ2v) is 6.61. The molecule has 1 amide bonds. The molecule has 2 aromatic heterocycles. The summed E-state index contributed by atoms with van der Waals surface area (Å²) in [5.74, 6) is 5.88. The Bertz CT molecular complexity index is 952. The summed E-state index contributed by atoms with van der Waals surface area (Å²) < 4.78 is 0. The standard InChI is InChI=1S/C19H18N4O2S/c1-3-5-12-7-13(10-21-9-12)14-11-26-18(17(14)25)15-8-16(24)23(6-4-2)19(20)22-15/h4,7,9-11,15,25H,2,6,8H2,1H3,(H2,20,22)/t15-/m0/s1. The molecule has 0 spiro atoms. The number of aliphatic imine (C=N–C) groups is 1. The van der Waals surface area contributed by atoms with Gasteiger partial charge in [-0.25, -0.2) is 4.99 Å². The highest BCUT2D eigenvalue weighted by atomic mass is 32.1. The molecule has 2 aromatic rings. The van der Waals surface area contributed by atoms with E-state index in [9.17, 15) is 9.90 Å². The molecular formula is C19H18N4O2S. The van der Waals surface area contributed by atoms with Gasteiger partial charge in [-0.3, -0.25) is 14.7 Å². The molecule has 3 heterocycles. The van der Waals surface area contributed by atoms with Crippen molar-refractivity contribution < 1.29 is 9.90 Å². The van der Waals surface area contributed by atoms with E-state index < -0.39 is 6.04 Å². The molecular weight excluding hydrogens is 348 g/mol. The molecule has 1 atom stereocenters. The quantitative estimate of drug-likeness (QED) is 0.643. The lowest BCUT2D eigenvalue weighted by Crippen LogP contribution is -2.45. The van der Waals surface area contributed by atoms with Gasteiger partial charge in [-0.1, -0.05) is 12.0 Å². The van der Waals surface area contributed by atoms with Crippen molar-refractivity contribution in [2.75, 3.05) is 6.54 Å². The van der Waals surface area contributed by atoms with E-state index in [1.807, 2.05) is 11.4 Å². The van der Waals surface area contributed by atoms with Gasteiger partial charge in [-0.15, -0.1) is 23.8 Å². The predicted molar refractivity (Wildman–Crippen MR) is 103 cm³/mol. The van der Waals surface area contributed by atoms with Crippen molar-refractivity contribution in [1.29, 1.82) is 0 Å². The second kappa shape index (κ2) is 7.42. The van der Waals surface area contributed by atoms with E-state index in [1.54, 1.807) is 25.4 Å². The average molecular weight is 366 g/mol. The molecule has 1 aliphatic rings. The van der Waals surface area contributed by atoms with Crippen LogP contribution in [0.4, 0.5) is 0 Å². The summed E-state index contributed by atoms with van der Waals surface area (Å²) in [4.78, 5) is 22.8. The molecule has 0 bridgehead atoms. The number of thiophene rings is 1. The fraction of sp³-hybridized carbons (Fsp3) is 0.211. The third-order valence-corrected chi connectivity index (χ3v) is 5.03. The molecule has 0 aliphatic carbocycles. The van der Waals surface area contributed by atoms with Crippen molar-refractivity contribution in [2.24, 2.45) is 10.7 Å². The zero-order valence-corrected chi connectivity index (χ0v) is 15.1.